The average Bonchev–Trinajstić information content (AvgIpc) is 2.99. The normalized spacial score (nSPS) is 18.4. The Kier molecular flexibility index (Phi) is 6.68. The molecule has 2 aromatic carbocycles. The van der Waals surface area contributed by atoms with Crippen LogP contribution < -0.4 is 15.4 Å². The number of imide groups is 1. The van der Waals surface area contributed by atoms with Crippen LogP contribution in [-0.4, -0.2) is 63.2 Å². The van der Waals surface area contributed by atoms with Gasteiger partial charge in [0.25, 0.3) is 5.91 Å². The number of anilines is 1. The fourth-order valence-corrected chi connectivity index (χ4v) is 4.36. The van der Waals surface area contributed by atoms with Crippen molar-refractivity contribution in [3.05, 3.63) is 53.1 Å². The predicted molar refractivity (Wildman–Crippen MR) is 122 cm³/mol. The summed E-state index contributed by atoms with van der Waals surface area (Å²) in [5, 5.41) is 5.18. The molecule has 0 radical (unpaired) electrons. The summed E-state index contributed by atoms with van der Waals surface area (Å²) in [6.07, 6.45) is 0. The summed E-state index contributed by atoms with van der Waals surface area (Å²) in [5.74, 6) is -0.743. The molecule has 33 heavy (non-hydrogen) atoms. The average molecular weight is 495 g/mol. The van der Waals surface area contributed by atoms with Crippen molar-refractivity contribution in [2.75, 3.05) is 33.1 Å². The summed E-state index contributed by atoms with van der Waals surface area (Å²) in [4.78, 5) is 38.8. The molecule has 1 aliphatic rings. The van der Waals surface area contributed by atoms with E-state index in [1.54, 1.807) is 31.2 Å². The maximum absolute atomic E-state index is 13.0. The molecule has 10 nitrogen and oxygen atoms in total. The molecule has 0 saturated carbocycles. The van der Waals surface area contributed by atoms with Crippen molar-refractivity contribution in [3.8, 4) is 5.75 Å². The van der Waals surface area contributed by atoms with Crippen molar-refractivity contribution in [2.24, 2.45) is 0 Å². The van der Waals surface area contributed by atoms with Crippen LogP contribution in [-0.2, 0) is 25.2 Å². The molecule has 176 valence electrons. The third-order valence-corrected chi connectivity index (χ3v) is 7.38. The second kappa shape index (κ2) is 9.00. The number of benzene rings is 2. The lowest BCUT2D eigenvalue weighted by molar-refractivity contribution is -0.133. The van der Waals surface area contributed by atoms with Gasteiger partial charge in [-0.2, -0.15) is 0 Å². The molecule has 1 atom stereocenters. The van der Waals surface area contributed by atoms with E-state index < -0.39 is 40.0 Å². The van der Waals surface area contributed by atoms with Gasteiger partial charge in [0.1, 0.15) is 17.8 Å². The lowest BCUT2D eigenvalue weighted by atomic mass is 9.92. The number of nitrogens with zero attached hydrogens (tertiary/aromatic N) is 2. The molecule has 1 saturated heterocycles. The molecule has 0 bridgehead atoms. The Morgan fingerprint density at radius 3 is 2.39 bits per heavy atom. The second-order valence-corrected chi connectivity index (χ2v) is 10.2. The van der Waals surface area contributed by atoms with Gasteiger partial charge in [0.05, 0.1) is 22.7 Å². The van der Waals surface area contributed by atoms with E-state index in [9.17, 15) is 22.8 Å². The highest BCUT2D eigenvalue weighted by Gasteiger charge is 2.49. The Morgan fingerprint density at radius 1 is 1.18 bits per heavy atom. The zero-order chi connectivity index (χ0) is 24.6. The molecule has 0 aliphatic carbocycles. The Hall–Kier alpha value is -3.15. The van der Waals surface area contributed by atoms with Crippen LogP contribution >= 0.6 is 11.6 Å². The third kappa shape index (κ3) is 4.65. The predicted octanol–water partition coefficient (Wildman–Crippen LogP) is 2.00. The summed E-state index contributed by atoms with van der Waals surface area (Å²) >= 11 is 6.10. The first-order valence-corrected chi connectivity index (χ1v) is 11.5. The number of rotatable bonds is 7. The Bertz CT molecular complexity index is 1220. The highest BCUT2D eigenvalue weighted by atomic mass is 35.5. The summed E-state index contributed by atoms with van der Waals surface area (Å²) < 4.78 is 30.8. The van der Waals surface area contributed by atoms with Gasteiger partial charge in [-0.25, -0.2) is 17.5 Å². The molecule has 0 spiro atoms. The Morgan fingerprint density at radius 2 is 1.82 bits per heavy atom. The van der Waals surface area contributed by atoms with Gasteiger partial charge in [-0.3, -0.25) is 14.5 Å². The maximum Gasteiger partial charge on any atom is 0.325 e. The molecule has 3 rings (SSSR count). The molecule has 4 amide bonds. The van der Waals surface area contributed by atoms with E-state index >= 15 is 0 Å². The fourth-order valence-electron chi connectivity index (χ4n) is 3.27. The van der Waals surface area contributed by atoms with Crippen LogP contribution in [0.2, 0.25) is 5.02 Å². The standard InChI is InChI=1S/C21H23ClN4O6S/c1-21(13-5-7-14(32-4)8-6-13)19(28)26(20(29)24-21)12-18(27)23-17-11-15(9-10-16(17)22)33(30,31)25(2)3/h5-11H,12H2,1-4H3,(H,23,27)(H,24,29)/t21-/m0/s1. The van der Waals surface area contributed by atoms with Crippen molar-refractivity contribution in [2.45, 2.75) is 17.4 Å². The molecular formula is C21H23ClN4O6S. The van der Waals surface area contributed by atoms with Gasteiger partial charge in [-0.15, -0.1) is 0 Å². The molecule has 0 unspecified atom stereocenters. The van der Waals surface area contributed by atoms with Crippen molar-refractivity contribution in [1.82, 2.24) is 14.5 Å². The largest absolute Gasteiger partial charge is 0.497 e. The van der Waals surface area contributed by atoms with Crippen LogP contribution in [0.4, 0.5) is 10.5 Å². The quantitative estimate of drug-likeness (QED) is 0.567. The fraction of sp³-hybridized carbons (Fsp3) is 0.286. The van der Waals surface area contributed by atoms with E-state index in [-0.39, 0.29) is 15.6 Å². The smallest absolute Gasteiger partial charge is 0.325 e. The maximum atomic E-state index is 13.0. The molecule has 0 aromatic heterocycles. The molecule has 1 fully saturated rings. The number of amides is 4. The van der Waals surface area contributed by atoms with Gasteiger partial charge in [-0.05, 0) is 42.8 Å². The highest BCUT2D eigenvalue weighted by molar-refractivity contribution is 7.89. The number of carbonyl (C=O) groups is 3. The topological polar surface area (TPSA) is 125 Å². The van der Waals surface area contributed by atoms with Gasteiger partial charge in [0.15, 0.2) is 0 Å². The van der Waals surface area contributed by atoms with Crippen LogP contribution in [0.1, 0.15) is 12.5 Å². The first-order chi connectivity index (χ1) is 15.4. The molecule has 1 heterocycles. The van der Waals surface area contributed by atoms with E-state index in [1.165, 1.54) is 39.4 Å². The monoisotopic (exact) mass is 494 g/mol. The Balaban J connectivity index is 1.78. The molecular weight excluding hydrogens is 472 g/mol. The van der Waals surface area contributed by atoms with E-state index in [4.69, 9.17) is 16.3 Å². The zero-order valence-electron chi connectivity index (χ0n) is 18.4. The Labute approximate surface area is 196 Å². The van der Waals surface area contributed by atoms with Crippen LogP contribution in [0.5, 0.6) is 5.75 Å². The number of methoxy groups -OCH3 is 1. The molecule has 2 N–H and O–H groups in total. The number of nitrogens with one attached hydrogen (secondary N) is 2. The van der Waals surface area contributed by atoms with Crippen molar-refractivity contribution in [3.63, 3.8) is 0 Å². The molecule has 2 aromatic rings. The number of ether oxygens (including phenoxy) is 1. The minimum atomic E-state index is -3.76. The van der Waals surface area contributed by atoms with Crippen molar-refractivity contribution < 1.29 is 27.5 Å². The molecule has 1 aliphatic heterocycles. The minimum absolute atomic E-state index is 0.0366. The summed E-state index contributed by atoms with van der Waals surface area (Å²) in [6.45, 7) is 0.955. The van der Waals surface area contributed by atoms with Crippen LogP contribution in [0.15, 0.2) is 47.4 Å². The van der Waals surface area contributed by atoms with E-state index in [1.807, 2.05) is 0 Å². The van der Waals surface area contributed by atoms with Gasteiger partial charge >= 0.3 is 6.03 Å². The zero-order valence-corrected chi connectivity index (χ0v) is 20.0. The van der Waals surface area contributed by atoms with Crippen LogP contribution in [0.3, 0.4) is 0 Å². The van der Waals surface area contributed by atoms with Crippen LogP contribution in [0, 0.1) is 0 Å². The van der Waals surface area contributed by atoms with Crippen molar-refractivity contribution >= 4 is 45.2 Å². The first kappa shape index (κ1) is 24.5. The van der Waals surface area contributed by atoms with E-state index in [0.29, 0.717) is 11.3 Å². The van der Waals surface area contributed by atoms with Gasteiger partial charge in [0.2, 0.25) is 15.9 Å². The lowest BCUT2D eigenvalue weighted by Crippen LogP contribution is -2.42. The number of urea groups is 1. The van der Waals surface area contributed by atoms with E-state index in [0.717, 1.165) is 9.21 Å². The lowest BCUT2D eigenvalue weighted by Gasteiger charge is -2.22. The number of halogens is 1. The van der Waals surface area contributed by atoms with Crippen LogP contribution in [0.25, 0.3) is 0 Å². The summed E-state index contributed by atoms with van der Waals surface area (Å²) in [5.41, 5.74) is -0.801. The molecule has 12 heteroatoms. The second-order valence-electron chi connectivity index (χ2n) is 7.65. The minimum Gasteiger partial charge on any atom is -0.497 e. The number of hydrogen-bond donors (Lipinski definition) is 2. The summed E-state index contributed by atoms with van der Waals surface area (Å²) in [6, 6.07) is 9.74. The third-order valence-electron chi connectivity index (χ3n) is 5.23. The van der Waals surface area contributed by atoms with Gasteiger partial charge < -0.3 is 15.4 Å². The van der Waals surface area contributed by atoms with Crippen molar-refractivity contribution in [1.29, 1.82) is 0 Å². The van der Waals surface area contributed by atoms with E-state index in [2.05, 4.69) is 10.6 Å². The number of hydrogen-bond acceptors (Lipinski definition) is 6. The highest BCUT2D eigenvalue weighted by Crippen LogP contribution is 2.30. The summed E-state index contributed by atoms with van der Waals surface area (Å²) in [7, 11) is 0.503. The number of sulfonamides is 1. The first-order valence-electron chi connectivity index (χ1n) is 9.70. The number of carbonyl (C=O) groups excluding carboxylic acids is 3. The SMILES string of the molecule is COc1ccc([C@]2(C)NC(=O)N(CC(=O)Nc3cc(S(=O)(=O)N(C)C)ccc3Cl)C2=O)cc1. The van der Waals surface area contributed by atoms with Gasteiger partial charge in [0, 0.05) is 14.1 Å². The van der Waals surface area contributed by atoms with Gasteiger partial charge in [-0.1, -0.05) is 23.7 Å².